The fourth-order valence-corrected chi connectivity index (χ4v) is 2.47. The SMILES string of the molecule is Nc1ccc(N2CCN(c3ncccc3F)CC2)cc1. The molecule has 2 aromatic rings. The fraction of sp³-hybridized carbons (Fsp3) is 0.267. The van der Waals surface area contributed by atoms with E-state index in [1.165, 1.54) is 6.07 Å². The zero-order valence-electron chi connectivity index (χ0n) is 11.2. The van der Waals surface area contributed by atoms with E-state index in [9.17, 15) is 4.39 Å². The standard InChI is InChI=1S/C15H17FN4/c16-14-2-1-7-18-15(14)20-10-8-19(9-11-20)13-5-3-12(17)4-6-13/h1-7H,8-11,17H2. The number of benzene rings is 1. The Bertz CT molecular complexity index is 577. The third kappa shape index (κ3) is 2.52. The average molecular weight is 272 g/mol. The van der Waals surface area contributed by atoms with Gasteiger partial charge in [0.05, 0.1) is 0 Å². The number of pyridine rings is 1. The van der Waals surface area contributed by atoms with E-state index in [2.05, 4.69) is 9.88 Å². The summed E-state index contributed by atoms with van der Waals surface area (Å²) >= 11 is 0. The van der Waals surface area contributed by atoms with Crippen LogP contribution in [0.25, 0.3) is 0 Å². The molecule has 1 saturated heterocycles. The van der Waals surface area contributed by atoms with Gasteiger partial charge in [-0.2, -0.15) is 0 Å². The predicted molar refractivity (Wildman–Crippen MR) is 79.5 cm³/mol. The number of anilines is 3. The van der Waals surface area contributed by atoms with E-state index in [0.717, 1.165) is 37.6 Å². The Balaban J connectivity index is 1.68. The van der Waals surface area contributed by atoms with Gasteiger partial charge in [0, 0.05) is 43.8 Å². The van der Waals surface area contributed by atoms with Crippen LogP contribution in [0.15, 0.2) is 42.6 Å². The lowest BCUT2D eigenvalue weighted by atomic mass is 10.2. The van der Waals surface area contributed by atoms with E-state index in [4.69, 9.17) is 5.73 Å². The minimum Gasteiger partial charge on any atom is -0.399 e. The number of halogens is 1. The van der Waals surface area contributed by atoms with Crippen LogP contribution in [-0.4, -0.2) is 31.2 Å². The second kappa shape index (κ2) is 5.36. The Kier molecular flexibility index (Phi) is 3.41. The molecule has 2 heterocycles. The number of nitrogen functional groups attached to an aromatic ring is 1. The molecule has 104 valence electrons. The van der Waals surface area contributed by atoms with Crippen molar-refractivity contribution in [3.63, 3.8) is 0 Å². The average Bonchev–Trinajstić information content (AvgIpc) is 2.49. The number of hydrogen-bond acceptors (Lipinski definition) is 4. The lowest BCUT2D eigenvalue weighted by molar-refractivity contribution is 0.588. The summed E-state index contributed by atoms with van der Waals surface area (Å²) in [7, 11) is 0. The zero-order chi connectivity index (χ0) is 13.9. The summed E-state index contributed by atoms with van der Waals surface area (Å²) < 4.78 is 13.7. The van der Waals surface area contributed by atoms with E-state index < -0.39 is 0 Å². The molecule has 3 rings (SSSR count). The highest BCUT2D eigenvalue weighted by Crippen LogP contribution is 2.21. The minimum absolute atomic E-state index is 0.256. The van der Waals surface area contributed by atoms with Crippen LogP contribution in [0.2, 0.25) is 0 Å². The van der Waals surface area contributed by atoms with Gasteiger partial charge in [0.25, 0.3) is 0 Å². The minimum atomic E-state index is -0.256. The summed E-state index contributed by atoms with van der Waals surface area (Å²) in [5.74, 6) is 0.192. The van der Waals surface area contributed by atoms with Gasteiger partial charge in [-0.25, -0.2) is 9.37 Å². The van der Waals surface area contributed by atoms with E-state index in [1.54, 1.807) is 12.3 Å². The molecule has 1 aliphatic heterocycles. The number of hydrogen-bond donors (Lipinski definition) is 1. The molecule has 0 amide bonds. The number of aromatic nitrogens is 1. The molecule has 1 aromatic heterocycles. The van der Waals surface area contributed by atoms with Gasteiger partial charge < -0.3 is 15.5 Å². The number of rotatable bonds is 2. The molecular weight excluding hydrogens is 255 g/mol. The summed E-state index contributed by atoms with van der Waals surface area (Å²) in [5, 5.41) is 0. The van der Waals surface area contributed by atoms with Gasteiger partial charge >= 0.3 is 0 Å². The van der Waals surface area contributed by atoms with Crippen molar-refractivity contribution in [2.75, 3.05) is 41.7 Å². The topological polar surface area (TPSA) is 45.4 Å². The van der Waals surface area contributed by atoms with Gasteiger partial charge in [-0.15, -0.1) is 0 Å². The molecule has 5 heteroatoms. The van der Waals surface area contributed by atoms with Crippen molar-refractivity contribution in [2.24, 2.45) is 0 Å². The molecular formula is C15H17FN4. The van der Waals surface area contributed by atoms with Crippen molar-refractivity contribution in [3.05, 3.63) is 48.4 Å². The number of nitrogens with zero attached hydrogens (tertiary/aromatic N) is 3. The lowest BCUT2D eigenvalue weighted by Crippen LogP contribution is -2.47. The first-order valence-corrected chi connectivity index (χ1v) is 6.70. The Hall–Kier alpha value is -2.30. The third-order valence-electron chi connectivity index (χ3n) is 3.58. The Morgan fingerprint density at radius 3 is 2.25 bits per heavy atom. The molecule has 0 bridgehead atoms. The van der Waals surface area contributed by atoms with Crippen LogP contribution in [0.1, 0.15) is 0 Å². The van der Waals surface area contributed by atoms with Crippen LogP contribution < -0.4 is 15.5 Å². The van der Waals surface area contributed by atoms with Crippen molar-refractivity contribution in [1.82, 2.24) is 4.98 Å². The van der Waals surface area contributed by atoms with Crippen molar-refractivity contribution in [2.45, 2.75) is 0 Å². The predicted octanol–water partition coefficient (Wildman–Crippen LogP) is 2.13. The molecule has 0 spiro atoms. The summed E-state index contributed by atoms with van der Waals surface area (Å²) in [6.45, 7) is 3.22. The smallest absolute Gasteiger partial charge is 0.165 e. The maximum atomic E-state index is 13.7. The Morgan fingerprint density at radius 2 is 1.60 bits per heavy atom. The molecule has 1 fully saturated rings. The molecule has 0 atom stereocenters. The summed E-state index contributed by atoms with van der Waals surface area (Å²) in [6, 6.07) is 10.9. The van der Waals surface area contributed by atoms with Crippen molar-refractivity contribution in [1.29, 1.82) is 0 Å². The highest BCUT2D eigenvalue weighted by molar-refractivity contribution is 5.54. The van der Waals surface area contributed by atoms with Crippen LogP contribution in [0.3, 0.4) is 0 Å². The van der Waals surface area contributed by atoms with Gasteiger partial charge in [-0.05, 0) is 36.4 Å². The molecule has 0 radical (unpaired) electrons. The van der Waals surface area contributed by atoms with Crippen molar-refractivity contribution in [3.8, 4) is 0 Å². The molecule has 4 nitrogen and oxygen atoms in total. The molecule has 20 heavy (non-hydrogen) atoms. The van der Waals surface area contributed by atoms with E-state index in [0.29, 0.717) is 5.82 Å². The van der Waals surface area contributed by atoms with Gasteiger partial charge in [0.2, 0.25) is 0 Å². The van der Waals surface area contributed by atoms with Crippen LogP contribution in [0.4, 0.5) is 21.6 Å². The van der Waals surface area contributed by atoms with Gasteiger partial charge in [0.1, 0.15) is 0 Å². The van der Waals surface area contributed by atoms with Crippen molar-refractivity contribution >= 4 is 17.2 Å². The second-order valence-electron chi connectivity index (χ2n) is 4.87. The van der Waals surface area contributed by atoms with Crippen LogP contribution in [-0.2, 0) is 0 Å². The first-order chi connectivity index (χ1) is 9.74. The maximum absolute atomic E-state index is 13.7. The fourth-order valence-electron chi connectivity index (χ4n) is 2.47. The summed E-state index contributed by atoms with van der Waals surface area (Å²) in [5.41, 5.74) is 7.61. The highest BCUT2D eigenvalue weighted by Gasteiger charge is 2.20. The molecule has 1 aromatic carbocycles. The van der Waals surface area contributed by atoms with Crippen LogP contribution in [0.5, 0.6) is 0 Å². The first-order valence-electron chi connectivity index (χ1n) is 6.70. The third-order valence-corrected chi connectivity index (χ3v) is 3.58. The number of nitrogens with two attached hydrogens (primary N) is 1. The quantitative estimate of drug-likeness (QED) is 0.851. The molecule has 1 aliphatic rings. The first kappa shape index (κ1) is 12.7. The van der Waals surface area contributed by atoms with E-state index in [-0.39, 0.29) is 5.82 Å². The monoisotopic (exact) mass is 272 g/mol. The molecule has 0 saturated carbocycles. The Labute approximate surface area is 117 Å². The van der Waals surface area contributed by atoms with Crippen LogP contribution in [0, 0.1) is 5.82 Å². The van der Waals surface area contributed by atoms with Gasteiger partial charge in [0.15, 0.2) is 11.6 Å². The Morgan fingerprint density at radius 1 is 0.950 bits per heavy atom. The normalized spacial score (nSPS) is 15.4. The van der Waals surface area contributed by atoms with Crippen molar-refractivity contribution < 1.29 is 4.39 Å². The molecule has 0 unspecified atom stereocenters. The van der Waals surface area contributed by atoms with Gasteiger partial charge in [-0.3, -0.25) is 0 Å². The largest absolute Gasteiger partial charge is 0.399 e. The van der Waals surface area contributed by atoms with E-state index >= 15 is 0 Å². The highest BCUT2D eigenvalue weighted by atomic mass is 19.1. The van der Waals surface area contributed by atoms with Gasteiger partial charge in [-0.1, -0.05) is 0 Å². The van der Waals surface area contributed by atoms with Crippen LogP contribution >= 0.6 is 0 Å². The number of piperazine rings is 1. The van der Waals surface area contributed by atoms with E-state index in [1.807, 2.05) is 29.2 Å². The second-order valence-corrected chi connectivity index (χ2v) is 4.87. The molecule has 0 aliphatic carbocycles. The summed E-state index contributed by atoms with van der Waals surface area (Å²) in [4.78, 5) is 8.39. The summed E-state index contributed by atoms with van der Waals surface area (Å²) in [6.07, 6.45) is 1.63. The zero-order valence-corrected chi connectivity index (χ0v) is 11.2. The molecule has 2 N–H and O–H groups in total. The maximum Gasteiger partial charge on any atom is 0.165 e. The lowest BCUT2D eigenvalue weighted by Gasteiger charge is -2.36.